The van der Waals surface area contributed by atoms with Crippen molar-refractivity contribution in [3.8, 4) is 0 Å². The van der Waals surface area contributed by atoms with E-state index in [2.05, 4.69) is 18.9 Å². The number of benzene rings is 1. The molecule has 2 heterocycles. The van der Waals surface area contributed by atoms with Crippen molar-refractivity contribution < 1.29 is 4.79 Å². The number of halogens is 1. The minimum Gasteiger partial charge on any atom is -0.270 e. The maximum absolute atomic E-state index is 13.0. The van der Waals surface area contributed by atoms with E-state index >= 15 is 0 Å². The highest BCUT2D eigenvalue weighted by atomic mass is 35.5. The molecule has 0 bridgehead atoms. The van der Waals surface area contributed by atoms with E-state index in [0.717, 1.165) is 23.6 Å². The number of carbonyl (C=O) groups is 1. The molecule has 2 aliphatic rings. The normalized spacial score (nSPS) is 25.8. The van der Waals surface area contributed by atoms with Crippen LogP contribution in [0, 0.1) is 0 Å². The monoisotopic (exact) mass is 320 g/mol. The average molecular weight is 321 g/mol. The fourth-order valence-corrected chi connectivity index (χ4v) is 4.36. The van der Waals surface area contributed by atoms with Gasteiger partial charge in [-0.15, -0.1) is 11.8 Å². The molecule has 0 aromatic heterocycles. The molecule has 1 atom stereocenters. The van der Waals surface area contributed by atoms with Gasteiger partial charge in [0.2, 0.25) is 0 Å². The summed E-state index contributed by atoms with van der Waals surface area (Å²) in [5.41, 5.74) is 4.27. The smallest absolute Gasteiger partial charge is 0.269 e. The number of allylic oxidation sites excluding steroid dienone is 1. The van der Waals surface area contributed by atoms with E-state index in [1.54, 1.807) is 23.9 Å². The van der Waals surface area contributed by atoms with Gasteiger partial charge in [0, 0.05) is 10.8 Å². The van der Waals surface area contributed by atoms with E-state index < -0.39 is 4.75 Å². The number of hydrogen-bond acceptors (Lipinski definition) is 3. The number of carbonyl (C=O) groups excluding carboxylic acids is 1. The number of thioether (sulfide) groups is 1. The van der Waals surface area contributed by atoms with Gasteiger partial charge in [0.05, 0.1) is 11.4 Å². The maximum atomic E-state index is 13.0. The zero-order chi connectivity index (χ0) is 15.2. The van der Waals surface area contributed by atoms with E-state index in [4.69, 9.17) is 11.6 Å². The first-order valence-electron chi connectivity index (χ1n) is 6.89. The third-order valence-corrected chi connectivity index (χ3v) is 6.12. The summed E-state index contributed by atoms with van der Waals surface area (Å²) in [6.07, 6.45) is 0.745. The molecule has 0 unspecified atom stereocenters. The van der Waals surface area contributed by atoms with Crippen LogP contribution in [-0.4, -0.2) is 22.1 Å². The number of rotatable bonds is 1. The van der Waals surface area contributed by atoms with Crippen LogP contribution in [0.15, 0.2) is 40.5 Å². The van der Waals surface area contributed by atoms with Gasteiger partial charge < -0.3 is 0 Å². The van der Waals surface area contributed by atoms with Crippen molar-refractivity contribution in [3.63, 3.8) is 0 Å². The summed E-state index contributed by atoms with van der Waals surface area (Å²) in [6.45, 7) is 6.19. The lowest BCUT2D eigenvalue weighted by Crippen LogP contribution is -2.45. The molecule has 3 nitrogen and oxygen atoms in total. The Bertz CT molecular complexity index is 683. The highest BCUT2D eigenvalue weighted by molar-refractivity contribution is 8.02. The minimum atomic E-state index is -0.536. The Morgan fingerprint density at radius 3 is 2.71 bits per heavy atom. The molecule has 1 spiro atoms. The fraction of sp³-hybridized carbons (Fsp3) is 0.375. The molecule has 2 aliphatic heterocycles. The van der Waals surface area contributed by atoms with Crippen LogP contribution in [-0.2, 0) is 4.79 Å². The van der Waals surface area contributed by atoms with Crippen molar-refractivity contribution in [1.29, 1.82) is 0 Å². The highest BCUT2D eigenvalue weighted by Gasteiger charge is 2.51. The summed E-state index contributed by atoms with van der Waals surface area (Å²) in [7, 11) is 0. The van der Waals surface area contributed by atoms with Gasteiger partial charge in [-0.05, 0) is 45.4 Å². The number of anilines is 1. The molecule has 0 saturated heterocycles. The van der Waals surface area contributed by atoms with Crippen LogP contribution >= 0.6 is 23.4 Å². The second kappa shape index (κ2) is 5.18. The van der Waals surface area contributed by atoms with E-state index in [9.17, 15) is 4.79 Å². The molecule has 110 valence electrons. The van der Waals surface area contributed by atoms with Gasteiger partial charge in [0.25, 0.3) is 5.91 Å². The Morgan fingerprint density at radius 2 is 2.05 bits per heavy atom. The maximum Gasteiger partial charge on any atom is 0.269 e. The summed E-state index contributed by atoms with van der Waals surface area (Å²) in [4.78, 5) is 13.0. The predicted molar refractivity (Wildman–Crippen MR) is 90.2 cm³/mol. The molecule has 1 aromatic carbocycles. The van der Waals surface area contributed by atoms with Gasteiger partial charge >= 0.3 is 0 Å². The number of nitrogens with zero attached hydrogens (tertiary/aromatic N) is 2. The van der Waals surface area contributed by atoms with Crippen molar-refractivity contribution in [1.82, 2.24) is 0 Å². The van der Waals surface area contributed by atoms with Crippen molar-refractivity contribution in [3.05, 3.63) is 40.4 Å². The molecule has 0 N–H and O–H groups in total. The zero-order valence-corrected chi connectivity index (χ0v) is 13.9. The third-order valence-electron chi connectivity index (χ3n) is 4.20. The number of amides is 1. The molecule has 0 fully saturated rings. The first-order valence-corrected chi connectivity index (χ1v) is 8.25. The number of hydrazone groups is 1. The van der Waals surface area contributed by atoms with Crippen molar-refractivity contribution >= 4 is 40.7 Å². The fourth-order valence-electron chi connectivity index (χ4n) is 2.68. The SMILES string of the molecule is CC1=NN(c2cccc(Cl)c2)C(=O)[C@@]12CC(C)=C(C)CS2. The largest absolute Gasteiger partial charge is 0.270 e. The van der Waals surface area contributed by atoms with Crippen LogP contribution in [0.5, 0.6) is 0 Å². The summed E-state index contributed by atoms with van der Waals surface area (Å²) in [6, 6.07) is 7.27. The van der Waals surface area contributed by atoms with Gasteiger partial charge in [-0.1, -0.05) is 28.8 Å². The first-order chi connectivity index (χ1) is 9.94. The minimum absolute atomic E-state index is 0.0408. The average Bonchev–Trinajstić information content (AvgIpc) is 2.68. The quantitative estimate of drug-likeness (QED) is 0.724. The molecule has 3 rings (SSSR count). The standard InChI is InChI=1S/C16H17ClN2OS/c1-10-8-16(21-9-11(10)2)12(3)18-19(15(16)20)14-6-4-5-13(17)7-14/h4-7H,8-9H2,1-3H3/t16-/m1/s1. The van der Waals surface area contributed by atoms with Gasteiger partial charge in [0.1, 0.15) is 4.75 Å². The van der Waals surface area contributed by atoms with E-state index in [1.165, 1.54) is 16.2 Å². The Kier molecular flexibility index (Phi) is 3.62. The van der Waals surface area contributed by atoms with Crippen molar-refractivity contribution in [2.75, 3.05) is 10.8 Å². The van der Waals surface area contributed by atoms with E-state index in [1.807, 2.05) is 19.1 Å². The topological polar surface area (TPSA) is 32.7 Å². The molecule has 21 heavy (non-hydrogen) atoms. The molecule has 0 aliphatic carbocycles. The van der Waals surface area contributed by atoms with Gasteiger partial charge in [-0.25, -0.2) is 0 Å². The van der Waals surface area contributed by atoms with Crippen LogP contribution < -0.4 is 5.01 Å². The van der Waals surface area contributed by atoms with E-state index in [-0.39, 0.29) is 5.91 Å². The predicted octanol–water partition coefficient (Wildman–Crippen LogP) is 4.27. The Hall–Kier alpha value is -1.26. The highest BCUT2D eigenvalue weighted by Crippen LogP contribution is 2.45. The van der Waals surface area contributed by atoms with Gasteiger partial charge in [-0.2, -0.15) is 10.1 Å². The Balaban J connectivity index is 1.99. The summed E-state index contributed by atoms with van der Waals surface area (Å²) < 4.78 is -0.536. The second-order valence-electron chi connectivity index (χ2n) is 5.64. The molecule has 1 aromatic rings. The molecule has 5 heteroatoms. The van der Waals surface area contributed by atoms with Crippen LogP contribution in [0.25, 0.3) is 0 Å². The molecular formula is C16H17ClN2OS. The van der Waals surface area contributed by atoms with Gasteiger partial charge in [-0.3, -0.25) is 4.79 Å². The molecule has 0 saturated carbocycles. The van der Waals surface area contributed by atoms with Crippen LogP contribution in [0.4, 0.5) is 5.69 Å². The lowest BCUT2D eigenvalue weighted by Gasteiger charge is -2.32. The lowest BCUT2D eigenvalue weighted by molar-refractivity contribution is -0.118. The van der Waals surface area contributed by atoms with Gasteiger partial charge in [0.15, 0.2) is 0 Å². The van der Waals surface area contributed by atoms with Crippen LogP contribution in [0.1, 0.15) is 27.2 Å². The van der Waals surface area contributed by atoms with Crippen LogP contribution in [0.3, 0.4) is 0 Å². The lowest BCUT2D eigenvalue weighted by atomic mass is 9.92. The molecule has 1 amide bonds. The summed E-state index contributed by atoms with van der Waals surface area (Å²) >= 11 is 7.72. The summed E-state index contributed by atoms with van der Waals surface area (Å²) in [5, 5.41) is 6.63. The van der Waals surface area contributed by atoms with Crippen LogP contribution in [0.2, 0.25) is 5.02 Å². The molecular weight excluding hydrogens is 304 g/mol. The Labute approximate surface area is 134 Å². The van der Waals surface area contributed by atoms with Crippen molar-refractivity contribution in [2.45, 2.75) is 31.9 Å². The van der Waals surface area contributed by atoms with Crippen molar-refractivity contribution in [2.24, 2.45) is 5.10 Å². The summed E-state index contributed by atoms with van der Waals surface area (Å²) in [5.74, 6) is 0.924. The Morgan fingerprint density at radius 1 is 1.29 bits per heavy atom. The second-order valence-corrected chi connectivity index (χ2v) is 7.35. The van der Waals surface area contributed by atoms with E-state index in [0.29, 0.717) is 5.02 Å². The molecule has 0 radical (unpaired) electrons. The first kappa shape index (κ1) is 14.7. The number of hydrogen-bond donors (Lipinski definition) is 0. The zero-order valence-electron chi connectivity index (χ0n) is 12.3. The third kappa shape index (κ3) is 2.30.